The normalized spacial score (nSPS) is 18.2. The summed E-state index contributed by atoms with van der Waals surface area (Å²) in [5.41, 5.74) is 0.119. The van der Waals surface area contributed by atoms with E-state index in [4.69, 9.17) is 4.52 Å². The molecule has 6 heteroatoms. The van der Waals surface area contributed by atoms with Gasteiger partial charge in [-0.05, 0) is 18.1 Å². The van der Waals surface area contributed by atoms with Crippen LogP contribution in [0, 0.1) is 5.92 Å². The summed E-state index contributed by atoms with van der Waals surface area (Å²) in [4.78, 5) is 10.6. The lowest BCUT2D eigenvalue weighted by Gasteiger charge is -2.48. The van der Waals surface area contributed by atoms with E-state index >= 15 is 0 Å². The van der Waals surface area contributed by atoms with Crippen LogP contribution in [0.3, 0.4) is 0 Å². The van der Waals surface area contributed by atoms with E-state index in [1.807, 2.05) is 32.0 Å². The Hall–Kier alpha value is -1.79. The largest absolute Gasteiger partial charge is 0.387 e. The van der Waals surface area contributed by atoms with Gasteiger partial charge in [0.25, 0.3) is 0 Å². The second kappa shape index (κ2) is 4.96. The maximum atomic E-state index is 10.2. The van der Waals surface area contributed by atoms with Gasteiger partial charge in [-0.15, -0.1) is 0 Å². The lowest BCUT2D eigenvalue weighted by molar-refractivity contribution is -0.133. The molecule has 2 aromatic rings. The zero-order chi connectivity index (χ0) is 14.2. The number of hydrogen-bond donors (Lipinski definition) is 1. The quantitative estimate of drug-likeness (QED) is 0.906. The highest BCUT2D eigenvalue weighted by molar-refractivity contribution is 5.46. The molecule has 2 aromatic heterocycles. The summed E-state index contributed by atoms with van der Waals surface area (Å²) in [6, 6.07) is 5.57. The van der Waals surface area contributed by atoms with Crippen molar-refractivity contribution in [3.8, 4) is 11.5 Å². The van der Waals surface area contributed by atoms with Crippen LogP contribution >= 0.6 is 0 Å². The van der Waals surface area contributed by atoms with Gasteiger partial charge in [0.2, 0.25) is 11.7 Å². The zero-order valence-corrected chi connectivity index (χ0v) is 11.7. The van der Waals surface area contributed by atoms with Crippen molar-refractivity contribution in [3.63, 3.8) is 0 Å². The zero-order valence-electron chi connectivity index (χ0n) is 11.7. The van der Waals surface area contributed by atoms with Crippen LogP contribution in [0.15, 0.2) is 28.9 Å². The van der Waals surface area contributed by atoms with Gasteiger partial charge in [-0.25, -0.2) is 0 Å². The number of hydrogen-bond acceptors (Lipinski definition) is 6. The number of pyridine rings is 1. The first-order valence-corrected chi connectivity index (χ1v) is 6.75. The van der Waals surface area contributed by atoms with E-state index in [0.29, 0.717) is 37.0 Å². The molecule has 0 aromatic carbocycles. The molecule has 0 radical (unpaired) electrons. The molecular formula is C14H18N4O2. The molecule has 0 saturated carbocycles. The molecule has 6 nitrogen and oxygen atoms in total. The highest BCUT2D eigenvalue weighted by Gasteiger charge is 2.43. The Kier molecular flexibility index (Phi) is 3.27. The van der Waals surface area contributed by atoms with Crippen LogP contribution in [0.5, 0.6) is 0 Å². The molecule has 1 N–H and O–H groups in total. The number of aromatic nitrogens is 3. The van der Waals surface area contributed by atoms with Gasteiger partial charge >= 0.3 is 0 Å². The smallest absolute Gasteiger partial charge is 0.241 e. The predicted octanol–water partition coefficient (Wildman–Crippen LogP) is 1.33. The molecule has 0 spiro atoms. The molecule has 0 unspecified atom stereocenters. The first-order valence-electron chi connectivity index (χ1n) is 6.75. The lowest BCUT2D eigenvalue weighted by Crippen LogP contribution is -2.63. The Morgan fingerprint density at radius 1 is 1.40 bits per heavy atom. The molecule has 1 aliphatic rings. The fraction of sp³-hybridized carbons (Fsp3) is 0.500. The van der Waals surface area contributed by atoms with Gasteiger partial charge in [-0.3, -0.25) is 9.88 Å². The van der Waals surface area contributed by atoms with E-state index in [1.54, 1.807) is 6.20 Å². The fourth-order valence-corrected chi connectivity index (χ4v) is 2.31. The van der Waals surface area contributed by atoms with Crippen molar-refractivity contribution in [2.75, 3.05) is 13.1 Å². The molecule has 0 aliphatic carbocycles. The second-order valence-electron chi connectivity index (χ2n) is 5.63. The average Bonchev–Trinajstić information content (AvgIpc) is 2.86. The van der Waals surface area contributed by atoms with Crippen molar-refractivity contribution >= 4 is 0 Å². The summed E-state index contributed by atoms with van der Waals surface area (Å²) in [5.74, 6) is 1.31. The van der Waals surface area contributed by atoms with Gasteiger partial charge in [0.1, 0.15) is 5.69 Å². The van der Waals surface area contributed by atoms with Gasteiger partial charge in [-0.1, -0.05) is 25.1 Å². The topological polar surface area (TPSA) is 75.3 Å². The van der Waals surface area contributed by atoms with Crippen molar-refractivity contribution in [3.05, 3.63) is 30.3 Å². The number of rotatable bonds is 4. The number of β-amino-alcohol motifs (C(OH)–C–C–N with tert-alkyl or cyclic N) is 1. The van der Waals surface area contributed by atoms with Crippen LogP contribution < -0.4 is 0 Å². The standard InChI is InChI=1S/C14H18N4O2/c1-10(2)14(19)8-18(9-14)7-12-16-13(17-20-12)11-5-3-4-6-15-11/h3-6,10,19H,7-9H2,1-2H3. The molecule has 0 amide bonds. The Balaban J connectivity index is 1.62. The van der Waals surface area contributed by atoms with E-state index in [2.05, 4.69) is 20.0 Å². The maximum Gasteiger partial charge on any atom is 0.241 e. The van der Waals surface area contributed by atoms with Crippen molar-refractivity contribution in [1.82, 2.24) is 20.0 Å². The van der Waals surface area contributed by atoms with Crippen molar-refractivity contribution < 1.29 is 9.63 Å². The number of likely N-dealkylation sites (tertiary alicyclic amines) is 1. The molecule has 1 aliphatic heterocycles. The van der Waals surface area contributed by atoms with Crippen LogP contribution in [0.1, 0.15) is 19.7 Å². The Morgan fingerprint density at radius 2 is 2.20 bits per heavy atom. The molecule has 20 heavy (non-hydrogen) atoms. The first-order chi connectivity index (χ1) is 9.57. The van der Waals surface area contributed by atoms with Crippen molar-refractivity contribution in [2.45, 2.75) is 26.0 Å². The minimum absolute atomic E-state index is 0.255. The highest BCUT2D eigenvalue weighted by Crippen LogP contribution is 2.29. The second-order valence-corrected chi connectivity index (χ2v) is 5.63. The Bertz CT molecular complexity index is 576. The molecule has 3 heterocycles. The molecule has 3 rings (SSSR count). The molecule has 1 fully saturated rings. The number of nitrogens with zero attached hydrogens (tertiary/aromatic N) is 4. The van der Waals surface area contributed by atoms with Crippen molar-refractivity contribution in [1.29, 1.82) is 0 Å². The van der Waals surface area contributed by atoms with E-state index in [0.717, 1.165) is 0 Å². The monoisotopic (exact) mass is 274 g/mol. The minimum atomic E-state index is -0.580. The highest BCUT2D eigenvalue weighted by atomic mass is 16.5. The molecule has 1 saturated heterocycles. The average molecular weight is 274 g/mol. The van der Waals surface area contributed by atoms with Crippen molar-refractivity contribution in [2.24, 2.45) is 5.92 Å². The predicted molar refractivity (Wildman–Crippen MR) is 72.6 cm³/mol. The summed E-state index contributed by atoms with van der Waals surface area (Å²) in [5, 5.41) is 14.1. The third-order valence-corrected chi connectivity index (χ3v) is 3.79. The maximum absolute atomic E-state index is 10.2. The SMILES string of the molecule is CC(C)C1(O)CN(Cc2nc(-c3ccccn3)no2)C1. The van der Waals surface area contributed by atoms with Crippen LogP contribution in [0.4, 0.5) is 0 Å². The minimum Gasteiger partial charge on any atom is -0.387 e. The Labute approximate surface area is 117 Å². The number of aliphatic hydroxyl groups is 1. The summed E-state index contributed by atoms with van der Waals surface area (Å²) in [6.45, 7) is 5.92. The molecule has 0 bridgehead atoms. The van der Waals surface area contributed by atoms with Gasteiger partial charge < -0.3 is 9.63 Å². The Morgan fingerprint density at radius 3 is 2.85 bits per heavy atom. The van der Waals surface area contributed by atoms with E-state index < -0.39 is 5.60 Å². The van der Waals surface area contributed by atoms with E-state index in [9.17, 15) is 5.11 Å². The van der Waals surface area contributed by atoms with Crippen LogP contribution in [0.2, 0.25) is 0 Å². The van der Waals surface area contributed by atoms with Gasteiger partial charge in [-0.2, -0.15) is 4.98 Å². The van der Waals surface area contributed by atoms with E-state index in [-0.39, 0.29) is 5.92 Å². The van der Waals surface area contributed by atoms with Crippen LogP contribution in [-0.4, -0.2) is 43.8 Å². The summed E-state index contributed by atoms with van der Waals surface area (Å²) in [6.07, 6.45) is 1.70. The summed E-state index contributed by atoms with van der Waals surface area (Å²) >= 11 is 0. The summed E-state index contributed by atoms with van der Waals surface area (Å²) in [7, 11) is 0. The fourth-order valence-electron chi connectivity index (χ4n) is 2.31. The van der Waals surface area contributed by atoms with Crippen LogP contribution in [0.25, 0.3) is 11.5 Å². The first kappa shape index (κ1) is 13.2. The lowest BCUT2D eigenvalue weighted by atomic mass is 9.83. The molecule has 0 atom stereocenters. The van der Waals surface area contributed by atoms with Gasteiger partial charge in [0, 0.05) is 19.3 Å². The molecular weight excluding hydrogens is 256 g/mol. The third kappa shape index (κ3) is 2.44. The van der Waals surface area contributed by atoms with Gasteiger partial charge in [0.15, 0.2) is 0 Å². The van der Waals surface area contributed by atoms with Crippen LogP contribution in [-0.2, 0) is 6.54 Å². The molecule has 106 valence electrons. The van der Waals surface area contributed by atoms with E-state index in [1.165, 1.54) is 0 Å². The third-order valence-electron chi connectivity index (χ3n) is 3.79. The van der Waals surface area contributed by atoms with Gasteiger partial charge in [0.05, 0.1) is 12.1 Å². The summed E-state index contributed by atoms with van der Waals surface area (Å²) < 4.78 is 5.23.